The number of piperidine rings is 1. The molecule has 1 amide bonds. The van der Waals surface area contributed by atoms with Crippen LogP contribution in [0.2, 0.25) is 0 Å². The molecule has 0 aromatic rings. The van der Waals surface area contributed by atoms with Crippen LogP contribution in [0, 0.1) is 5.92 Å². The van der Waals surface area contributed by atoms with Crippen LogP contribution in [0.1, 0.15) is 57.8 Å². The van der Waals surface area contributed by atoms with Gasteiger partial charge in [-0.2, -0.15) is 0 Å². The predicted octanol–water partition coefficient (Wildman–Crippen LogP) is 2.39. The van der Waals surface area contributed by atoms with E-state index in [0.717, 1.165) is 25.8 Å². The summed E-state index contributed by atoms with van der Waals surface area (Å²) in [6, 6.07) is 0. The smallest absolute Gasteiger partial charge is 0.223 e. The summed E-state index contributed by atoms with van der Waals surface area (Å²) >= 11 is 0. The average molecular weight is 237 g/mol. The maximum absolute atomic E-state index is 11.7. The zero-order valence-electron chi connectivity index (χ0n) is 10.5. The summed E-state index contributed by atoms with van der Waals surface area (Å²) in [5, 5.41) is 2.97. The van der Waals surface area contributed by atoms with Crippen LogP contribution < -0.4 is 5.32 Å². The van der Waals surface area contributed by atoms with Crippen molar-refractivity contribution in [3.8, 4) is 0 Å². The van der Waals surface area contributed by atoms with Crippen molar-refractivity contribution in [2.24, 2.45) is 5.92 Å². The Hall–Kier alpha value is -0.570. The van der Waals surface area contributed by atoms with E-state index in [1.165, 1.54) is 38.5 Å². The molecule has 0 radical (unpaired) electrons. The van der Waals surface area contributed by atoms with Crippen molar-refractivity contribution in [3.63, 3.8) is 0 Å². The minimum absolute atomic E-state index is 0.213. The third-order valence-electron chi connectivity index (χ3n) is 4.80. The summed E-state index contributed by atoms with van der Waals surface area (Å²) in [6.07, 6.45) is 11.0. The van der Waals surface area contributed by atoms with Gasteiger partial charge >= 0.3 is 0 Å². The first-order valence-corrected chi connectivity index (χ1v) is 7.23. The first kappa shape index (κ1) is 11.5. The van der Waals surface area contributed by atoms with Crippen LogP contribution in [-0.2, 0) is 9.53 Å². The summed E-state index contributed by atoms with van der Waals surface area (Å²) in [7, 11) is 0. The third kappa shape index (κ3) is 2.35. The van der Waals surface area contributed by atoms with Crippen molar-refractivity contribution in [3.05, 3.63) is 0 Å². The Morgan fingerprint density at radius 1 is 1.18 bits per heavy atom. The van der Waals surface area contributed by atoms with Crippen molar-refractivity contribution in [2.75, 3.05) is 6.54 Å². The van der Waals surface area contributed by atoms with Gasteiger partial charge in [-0.25, -0.2) is 0 Å². The van der Waals surface area contributed by atoms with Crippen molar-refractivity contribution in [1.29, 1.82) is 0 Å². The lowest BCUT2D eigenvalue weighted by Crippen LogP contribution is -2.38. The number of hydrogen-bond acceptors (Lipinski definition) is 2. The van der Waals surface area contributed by atoms with E-state index in [1.807, 2.05) is 0 Å². The fraction of sp³-hybridized carbons (Fsp3) is 0.929. The minimum atomic E-state index is 0.213. The standard InChI is InChI=1S/C14H23NO2/c16-13-11(4-3-9-15-13)10-12-5-8-14(17-12)6-1-2-7-14/h11-12H,1-10H2,(H,15,16). The van der Waals surface area contributed by atoms with Crippen LogP contribution in [0.15, 0.2) is 0 Å². The highest BCUT2D eigenvalue weighted by molar-refractivity contribution is 5.79. The maximum atomic E-state index is 11.7. The minimum Gasteiger partial charge on any atom is -0.372 e. The maximum Gasteiger partial charge on any atom is 0.223 e. The molecule has 2 saturated heterocycles. The van der Waals surface area contributed by atoms with Gasteiger partial charge in [0.25, 0.3) is 0 Å². The normalized spacial score (nSPS) is 36.4. The van der Waals surface area contributed by atoms with Gasteiger partial charge in [0.1, 0.15) is 0 Å². The molecule has 3 heteroatoms. The fourth-order valence-electron chi connectivity index (χ4n) is 3.83. The van der Waals surface area contributed by atoms with Crippen molar-refractivity contribution >= 4 is 5.91 Å². The monoisotopic (exact) mass is 237 g/mol. The predicted molar refractivity (Wildman–Crippen MR) is 65.7 cm³/mol. The number of ether oxygens (including phenoxy) is 1. The molecular formula is C14H23NO2. The summed E-state index contributed by atoms with van der Waals surface area (Å²) in [4.78, 5) is 11.7. The van der Waals surface area contributed by atoms with E-state index in [4.69, 9.17) is 4.74 Å². The molecule has 3 rings (SSSR count). The first-order chi connectivity index (χ1) is 8.27. The van der Waals surface area contributed by atoms with Crippen LogP contribution >= 0.6 is 0 Å². The number of carbonyl (C=O) groups is 1. The number of nitrogens with one attached hydrogen (secondary N) is 1. The molecule has 1 spiro atoms. The van der Waals surface area contributed by atoms with Crippen LogP contribution in [0.25, 0.3) is 0 Å². The Kier molecular flexibility index (Phi) is 3.12. The molecule has 2 heterocycles. The molecule has 0 aromatic carbocycles. The van der Waals surface area contributed by atoms with E-state index in [1.54, 1.807) is 0 Å². The van der Waals surface area contributed by atoms with E-state index < -0.39 is 0 Å². The van der Waals surface area contributed by atoms with Crippen LogP contribution in [0.5, 0.6) is 0 Å². The highest BCUT2D eigenvalue weighted by atomic mass is 16.5. The summed E-state index contributed by atoms with van der Waals surface area (Å²) in [5.74, 6) is 0.470. The molecule has 96 valence electrons. The second-order valence-corrected chi connectivity index (χ2v) is 6.03. The third-order valence-corrected chi connectivity index (χ3v) is 4.80. The molecule has 17 heavy (non-hydrogen) atoms. The molecule has 0 bridgehead atoms. The van der Waals surface area contributed by atoms with Gasteiger partial charge in [-0.05, 0) is 44.9 Å². The number of rotatable bonds is 2. The first-order valence-electron chi connectivity index (χ1n) is 7.23. The van der Waals surface area contributed by atoms with E-state index in [9.17, 15) is 4.79 Å². The quantitative estimate of drug-likeness (QED) is 0.801. The van der Waals surface area contributed by atoms with Gasteiger partial charge in [0.15, 0.2) is 0 Å². The number of hydrogen-bond donors (Lipinski definition) is 1. The Labute approximate surface area is 103 Å². The van der Waals surface area contributed by atoms with Gasteiger partial charge in [0.2, 0.25) is 5.91 Å². The Morgan fingerprint density at radius 3 is 2.76 bits per heavy atom. The van der Waals surface area contributed by atoms with Gasteiger partial charge < -0.3 is 10.1 Å². The zero-order chi connectivity index (χ0) is 11.7. The van der Waals surface area contributed by atoms with Crippen LogP contribution in [0.4, 0.5) is 0 Å². The van der Waals surface area contributed by atoms with Gasteiger partial charge in [0.05, 0.1) is 11.7 Å². The van der Waals surface area contributed by atoms with Crippen molar-refractivity contribution < 1.29 is 9.53 Å². The molecule has 2 atom stereocenters. The summed E-state index contributed by atoms with van der Waals surface area (Å²) in [6.45, 7) is 0.866. The molecule has 3 nitrogen and oxygen atoms in total. The lowest BCUT2D eigenvalue weighted by atomic mass is 9.91. The van der Waals surface area contributed by atoms with Gasteiger partial charge in [-0.1, -0.05) is 12.8 Å². The molecule has 0 aromatic heterocycles. The molecule has 3 fully saturated rings. The second kappa shape index (κ2) is 4.60. The molecule has 1 N–H and O–H groups in total. The summed E-state index contributed by atoms with van der Waals surface area (Å²) < 4.78 is 6.28. The van der Waals surface area contributed by atoms with Crippen molar-refractivity contribution in [1.82, 2.24) is 5.32 Å². The number of amides is 1. The Balaban J connectivity index is 1.54. The van der Waals surface area contributed by atoms with Crippen LogP contribution in [0.3, 0.4) is 0 Å². The fourth-order valence-corrected chi connectivity index (χ4v) is 3.83. The van der Waals surface area contributed by atoms with Gasteiger partial charge in [0, 0.05) is 12.5 Å². The lowest BCUT2D eigenvalue weighted by Gasteiger charge is -2.27. The van der Waals surface area contributed by atoms with Crippen molar-refractivity contribution in [2.45, 2.75) is 69.5 Å². The largest absolute Gasteiger partial charge is 0.372 e. The van der Waals surface area contributed by atoms with E-state index in [-0.39, 0.29) is 17.4 Å². The highest BCUT2D eigenvalue weighted by Crippen LogP contribution is 2.44. The SMILES string of the molecule is O=C1NCCCC1CC1CCC2(CCCC2)O1. The topological polar surface area (TPSA) is 38.3 Å². The van der Waals surface area contributed by atoms with Gasteiger partial charge in [-0.15, -0.1) is 0 Å². The molecule has 1 saturated carbocycles. The number of carbonyl (C=O) groups excluding carboxylic acids is 1. The molecule has 2 unspecified atom stereocenters. The molecule has 3 aliphatic rings. The second-order valence-electron chi connectivity index (χ2n) is 6.03. The Morgan fingerprint density at radius 2 is 2.00 bits per heavy atom. The van der Waals surface area contributed by atoms with Gasteiger partial charge in [-0.3, -0.25) is 4.79 Å². The molecule has 2 aliphatic heterocycles. The van der Waals surface area contributed by atoms with Crippen LogP contribution in [-0.4, -0.2) is 24.2 Å². The van der Waals surface area contributed by atoms with E-state index in [0.29, 0.717) is 6.10 Å². The van der Waals surface area contributed by atoms with E-state index in [2.05, 4.69) is 5.32 Å². The molecule has 1 aliphatic carbocycles. The zero-order valence-corrected chi connectivity index (χ0v) is 10.5. The highest BCUT2D eigenvalue weighted by Gasteiger charge is 2.43. The Bertz CT molecular complexity index is 297. The van der Waals surface area contributed by atoms with E-state index >= 15 is 0 Å². The molecular weight excluding hydrogens is 214 g/mol. The average Bonchev–Trinajstić information content (AvgIpc) is 2.94. The lowest BCUT2D eigenvalue weighted by molar-refractivity contribution is -0.128. The summed E-state index contributed by atoms with van der Waals surface area (Å²) in [5.41, 5.74) is 0.218.